The molecule has 74 valence electrons. The Morgan fingerprint density at radius 1 is 1.46 bits per heavy atom. The van der Waals surface area contributed by atoms with Crippen molar-refractivity contribution in [3.8, 4) is 6.07 Å². The Kier molecular flexibility index (Phi) is 6.82. The number of rotatable bonds is 6. The number of carbonyl (C=O) groups excluding carboxylic acids is 1. The molecular formula is C7H13N3O3. The van der Waals surface area contributed by atoms with Crippen LogP contribution in [0, 0.1) is 11.3 Å². The van der Waals surface area contributed by atoms with Gasteiger partial charge in [0.05, 0.1) is 31.9 Å². The van der Waals surface area contributed by atoms with Gasteiger partial charge in [0, 0.05) is 0 Å². The summed E-state index contributed by atoms with van der Waals surface area (Å²) in [5.41, 5.74) is 0. The van der Waals surface area contributed by atoms with Gasteiger partial charge in [-0.05, 0) is 0 Å². The number of amides is 1. The Hall–Kier alpha value is -1.16. The van der Waals surface area contributed by atoms with E-state index in [0.29, 0.717) is 0 Å². The lowest BCUT2D eigenvalue weighted by molar-refractivity contribution is -0.120. The Morgan fingerprint density at radius 3 is 2.54 bits per heavy atom. The van der Waals surface area contributed by atoms with Crippen molar-refractivity contribution >= 4 is 5.91 Å². The standard InChI is InChI=1S/C7H13N3O3/c8-1-2-9-7(13)3-10-6(4-11)5-12/h6,10-12H,2-5H2,(H,9,13). The number of aliphatic hydroxyl groups excluding tert-OH is 2. The van der Waals surface area contributed by atoms with Gasteiger partial charge in [-0.15, -0.1) is 0 Å². The van der Waals surface area contributed by atoms with E-state index in [1.165, 1.54) is 0 Å². The van der Waals surface area contributed by atoms with Crippen molar-refractivity contribution in [1.29, 1.82) is 5.26 Å². The molecule has 0 atom stereocenters. The Morgan fingerprint density at radius 2 is 2.08 bits per heavy atom. The monoisotopic (exact) mass is 187 g/mol. The lowest BCUT2D eigenvalue weighted by Gasteiger charge is -2.11. The van der Waals surface area contributed by atoms with Crippen molar-refractivity contribution < 1.29 is 15.0 Å². The van der Waals surface area contributed by atoms with Gasteiger partial charge in [0.1, 0.15) is 6.54 Å². The molecule has 0 aromatic carbocycles. The van der Waals surface area contributed by atoms with Crippen molar-refractivity contribution in [1.82, 2.24) is 10.6 Å². The fraction of sp³-hybridized carbons (Fsp3) is 0.714. The first-order valence-corrected chi connectivity index (χ1v) is 3.83. The van der Waals surface area contributed by atoms with E-state index in [1.807, 2.05) is 0 Å². The Bertz CT molecular complexity index is 186. The van der Waals surface area contributed by atoms with Gasteiger partial charge in [-0.1, -0.05) is 0 Å². The lowest BCUT2D eigenvalue weighted by Crippen LogP contribution is -2.42. The van der Waals surface area contributed by atoms with Gasteiger partial charge < -0.3 is 20.8 Å². The summed E-state index contributed by atoms with van der Waals surface area (Å²) >= 11 is 0. The second-order valence-electron chi connectivity index (χ2n) is 2.38. The molecule has 0 aliphatic heterocycles. The second-order valence-corrected chi connectivity index (χ2v) is 2.38. The minimum Gasteiger partial charge on any atom is -0.395 e. The molecule has 0 aliphatic carbocycles. The highest BCUT2D eigenvalue weighted by Crippen LogP contribution is 1.77. The average molecular weight is 187 g/mol. The number of hydrogen-bond donors (Lipinski definition) is 4. The number of nitrogens with zero attached hydrogens (tertiary/aromatic N) is 1. The first-order chi connectivity index (χ1) is 6.24. The van der Waals surface area contributed by atoms with Gasteiger partial charge in [0.15, 0.2) is 0 Å². The molecule has 6 nitrogen and oxygen atoms in total. The number of nitrogens with one attached hydrogen (secondary N) is 2. The molecule has 4 N–H and O–H groups in total. The Balaban J connectivity index is 3.51. The summed E-state index contributed by atoms with van der Waals surface area (Å²) in [7, 11) is 0. The highest BCUT2D eigenvalue weighted by atomic mass is 16.3. The van der Waals surface area contributed by atoms with Crippen molar-refractivity contribution in [2.24, 2.45) is 0 Å². The van der Waals surface area contributed by atoms with Gasteiger partial charge in [-0.25, -0.2) is 0 Å². The molecule has 0 bridgehead atoms. The highest BCUT2D eigenvalue weighted by molar-refractivity contribution is 5.78. The summed E-state index contributed by atoms with van der Waals surface area (Å²) in [6.07, 6.45) is 0. The third-order valence-electron chi connectivity index (χ3n) is 1.36. The summed E-state index contributed by atoms with van der Waals surface area (Å²) in [5, 5.41) is 30.3. The number of nitriles is 1. The van der Waals surface area contributed by atoms with E-state index in [2.05, 4.69) is 10.6 Å². The normalized spacial score (nSPS) is 9.69. The van der Waals surface area contributed by atoms with Crippen molar-refractivity contribution in [2.45, 2.75) is 6.04 Å². The first kappa shape index (κ1) is 11.8. The summed E-state index contributed by atoms with van der Waals surface area (Å²) in [5.74, 6) is -0.339. The molecule has 13 heavy (non-hydrogen) atoms. The zero-order valence-electron chi connectivity index (χ0n) is 7.16. The zero-order valence-corrected chi connectivity index (χ0v) is 7.16. The van der Waals surface area contributed by atoms with E-state index >= 15 is 0 Å². The number of aliphatic hydroxyl groups is 2. The van der Waals surface area contributed by atoms with Crippen LogP contribution in [0.4, 0.5) is 0 Å². The van der Waals surface area contributed by atoms with Crippen LogP contribution >= 0.6 is 0 Å². The quantitative estimate of drug-likeness (QED) is 0.346. The fourth-order valence-corrected chi connectivity index (χ4v) is 0.624. The van der Waals surface area contributed by atoms with Crippen LogP contribution in [0.15, 0.2) is 0 Å². The molecule has 0 saturated carbocycles. The van der Waals surface area contributed by atoms with E-state index in [9.17, 15) is 4.79 Å². The Labute approximate surface area is 76.2 Å². The van der Waals surface area contributed by atoms with Crippen LogP contribution in [-0.4, -0.2) is 48.5 Å². The maximum Gasteiger partial charge on any atom is 0.234 e. The molecule has 0 spiro atoms. The van der Waals surface area contributed by atoms with E-state index < -0.39 is 6.04 Å². The van der Waals surface area contributed by atoms with Crippen LogP contribution in [0.25, 0.3) is 0 Å². The van der Waals surface area contributed by atoms with E-state index in [4.69, 9.17) is 15.5 Å². The molecule has 0 unspecified atom stereocenters. The summed E-state index contributed by atoms with van der Waals surface area (Å²) < 4.78 is 0. The number of hydrogen-bond acceptors (Lipinski definition) is 5. The van der Waals surface area contributed by atoms with Crippen LogP contribution in [0.5, 0.6) is 0 Å². The molecule has 0 aromatic rings. The molecule has 0 rings (SSSR count). The summed E-state index contributed by atoms with van der Waals surface area (Å²) in [6.45, 7) is -0.527. The van der Waals surface area contributed by atoms with Gasteiger partial charge in [0.25, 0.3) is 0 Å². The van der Waals surface area contributed by atoms with E-state index in [-0.39, 0.29) is 32.2 Å². The van der Waals surface area contributed by atoms with Crippen molar-refractivity contribution in [2.75, 3.05) is 26.3 Å². The fourth-order valence-electron chi connectivity index (χ4n) is 0.624. The smallest absolute Gasteiger partial charge is 0.234 e. The minimum absolute atomic E-state index is 0.0204. The van der Waals surface area contributed by atoms with E-state index in [0.717, 1.165) is 0 Å². The predicted molar refractivity (Wildman–Crippen MR) is 44.6 cm³/mol. The van der Waals surface area contributed by atoms with E-state index in [1.54, 1.807) is 6.07 Å². The molecule has 0 aromatic heterocycles. The topological polar surface area (TPSA) is 105 Å². The third kappa shape index (κ3) is 6.04. The molecular weight excluding hydrogens is 174 g/mol. The zero-order chi connectivity index (χ0) is 10.1. The molecule has 0 heterocycles. The van der Waals surface area contributed by atoms with Gasteiger partial charge in [0.2, 0.25) is 5.91 Å². The predicted octanol–water partition coefficient (Wildman–Crippen LogP) is -2.43. The highest BCUT2D eigenvalue weighted by Gasteiger charge is 2.06. The van der Waals surface area contributed by atoms with Crippen LogP contribution in [-0.2, 0) is 4.79 Å². The van der Waals surface area contributed by atoms with Crippen LogP contribution < -0.4 is 10.6 Å². The van der Waals surface area contributed by atoms with Crippen molar-refractivity contribution in [3.63, 3.8) is 0 Å². The van der Waals surface area contributed by atoms with Crippen LogP contribution in [0.1, 0.15) is 0 Å². The average Bonchev–Trinajstić information content (AvgIpc) is 2.16. The third-order valence-corrected chi connectivity index (χ3v) is 1.36. The molecule has 1 amide bonds. The molecule has 0 saturated heterocycles. The summed E-state index contributed by atoms with van der Waals surface area (Å²) in [4.78, 5) is 10.9. The maximum atomic E-state index is 10.9. The second kappa shape index (κ2) is 7.49. The molecule has 0 aliphatic rings. The van der Waals surface area contributed by atoms with Crippen LogP contribution in [0.2, 0.25) is 0 Å². The minimum atomic E-state index is -0.493. The first-order valence-electron chi connectivity index (χ1n) is 3.83. The van der Waals surface area contributed by atoms with Gasteiger partial charge in [-0.3, -0.25) is 4.79 Å². The van der Waals surface area contributed by atoms with Crippen LogP contribution in [0.3, 0.4) is 0 Å². The number of carbonyl (C=O) groups is 1. The largest absolute Gasteiger partial charge is 0.395 e. The van der Waals surface area contributed by atoms with Gasteiger partial charge >= 0.3 is 0 Å². The van der Waals surface area contributed by atoms with Gasteiger partial charge in [-0.2, -0.15) is 5.26 Å². The van der Waals surface area contributed by atoms with Crippen molar-refractivity contribution in [3.05, 3.63) is 0 Å². The molecule has 6 heteroatoms. The molecule has 0 fully saturated rings. The SMILES string of the molecule is N#CCNC(=O)CNC(CO)CO. The maximum absolute atomic E-state index is 10.9. The molecule has 0 radical (unpaired) electrons. The summed E-state index contributed by atoms with van der Waals surface area (Å²) in [6, 6.07) is 1.26. The lowest BCUT2D eigenvalue weighted by atomic mass is 10.3.